The summed E-state index contributed by atoms with van der Waals surface area (Å²) in [7, 11) is 0. The van der Waals surface area contributed by atoms with E-state index in [0.29, 0.717) is 13.2 Å². The van der Waals surface area contributed by atoms with Crippen molar-refractivity contribution < 1.29 is 9.53 Å². The van der Waals surface area contributed by atoms with Crippen LogP contribution in [0.3, 0.4) is 0 Å². The fourth-order valence-electron chi connectivity index (χ4n) is 1.87. The number of H-pyrrole nitrogens is 1. The number of aromatic nitrogens is 2. The summed E-state index contributed by atoms with van der Waals surface area (Å²) in [5.74, 6) is -0.0487. The van der Waals surface area contributed by atoms with Crippen molar-refractivity contribution in [3.05, 3.63) is 17.7 Å². The standard InChI is InChI=1S/C11H17N3O2/c1-8-9(14-7-13-8)6-12-10(15)11(2)4-3-5-16-11/h7H,3-6H2,1-2H3,(H,12,15)(H,13,14)/t11-/m0/s1. The van der Waals surface area contributed by atoms with Crippen molar-refractivity contribution in [2.75, 3.05) is 6.61 Å². The predicted molar refractivity (Wildman–Crippen MR) is 58.8 cm³/mol. The molecule has 2 rings (SSSR count). The van der Waals surface area contributed by atoms with Crippen LogP contribution in [0, 0.1) is 6.92 Å². The lowest BCUT2D eigenvalue weighted by atomic mass is 10.0. The van der Waals surface area contributed by atoms with Gasteiger partial charge in [-0.05, 0) is 26.7 Å². The minimum absolute atomic E-state index is 0.0487. The molecule has 0 spiro atoms. The Morgan fingerprint density at radius 2 is 2.56 bits per heavy atom. The Hall–Kier alpha value is -1.36. The van der Waals surface area contributed by atoms with Crippen molar-refractivity contribution in [1.82, 2.24) is 15.3 Å². The summed E-state index contributed by atoms with van der Waals surface area (Å²) >= 11 is 0. The van der Waals surface area contributed by atoms with Crippen molar-refractivity contribution in [3.8, 4) is 0 Å². The van der Waals surface area contributed by atoms with Gasteiger partial charge in [-0.1, -0.05) is 0 Å². The van der Waals surface area contributed by atoms with Gasteiger partial charge in [0.15, 0.2) is 0 Å². The molecule has 0 radical (unpaired) electrons. The van der Waals surface area contributed by atoms with Gasteiger partial charge in [-0.25, -0.2) is 4.98 Å². The molecule has 1 saturated heterocycles. The van der Waals surface area contributed by atoms with Crippen LogP contribution in [-0.2, 0) is 16.1 Å². The lowest BCUT2D eigenvalue weighted by Gasteiger charge is -2.21. The van der Waals surface area contributed by atoms with Crippen LogP contribution < -0.4 is 5.32 Å². The number of nitrogens with zero attached hydrogens (tertiary/aromatic N) is 1. The van der Waals surface area contributed by atoms with Gasteiger partial charge in [0.1, 0.15) is 5.60 Å². The van der Waals surface area contributed by atoms with Gasteiger partial charge in [-0.15, -0.1) is 0 Å². The summed E-state index contributed by atoms with van der Waals surface area (Å²) < 4.78 is 5.46. The molecule has 2 N–H and O–H groups in total. The molecule has 1 aromatic heterocycles. The molecule has 1 aliphatic rings. The molecule has 1 atom stereocenters. The zero-order valence-corrected chi connectivity index (χ0v) is 9.67. The molecule has 1 amide bonds. The van der Waals surface area contributed by atoms with Gasteiger partial charge in [0.05, 0.1) is 18.6 Å². The van der Waals surface area contributed by atoms with E-state index in [0.717, 1.165) is 24.2 Å². The number of aryl methyl sites for hydroxylation is 1. The van der Waals surface area contributed by atoms with Crippen molar-refractivity contribution in [2.24, 2.45) is 0 Å². The number of nitrogens with one attached hydrogen (secondary N) is 2. The quantitative estimate of drug-likeness (QED) is 0.800. The molecule has 0 aromatic carbocycles. The van der Waals surface area contributed by atoms with Crippen LogP contribution in [0.5, 0.6) is 0 Å². The highest BCUT2D eigenvalue weighted by molar-refractivity contribution is 5.84. The highest BCUT2D eigenvalue weighted by Gasteiger charge is 2.37. The fraction of sp³-hybridized carbons (Fsp3) is 0.636. The second-order valence-electron chi connectivity index (χ2n) is 4.34. The number of amides is 1. The van der Waals surface area contributed by atoms with E-state index >= 15 is 0 Å². The first kappa shape index (κ1) is 11.1. The smallest absolute Gasteiger partial charge is 0.252 e. The Kier molecular flexibility index (Phi) is 2.96. The van der Waals surface area contributed by atoms with Crippen LogP contribution in [0.4, 0.5) is 0 Å². The molecule has 88 valence electrons. The molecule has 1 aromatic rings. The van der Waals surface area contributed by atoms with Gasteiger partial charge in [-0.3, -0.25) is 4.79 Å². The van der Waals surface area contributed by atoms with Crippen LogP contribution in [0.1, 0.15) is 31.2 Å². The average molecular weight is 223 g/mol. The van der Waals surface area contributed by atoms with Crippen LogP contribution in [0.2, 0.25) is 0 Å². The van der Waals surface area contributed by atoms with Gasteiger partial charge >= 0.3 is 0 Å². The molecule has 0 bridgehead atoms. The summed E-state index contributed by atoms with van der Waals surface area (Å²) in [6.45, 7) is 4.90. The molecule has 0 unspecified atom stereocenters. The molecular weight excluding hydrogens is 206 g/mol. The number of carbonyl (C=O) groups is 1. The highest BCUT2D eigenvalue weighted by Crippen LogP contribution is 2.25. The zero-order chi connectivity index (χ0) is 11.6. The largest absolute Gasteiger partial charge is 0.365 e. The number of hydrogen-bond acceptors (Lipinski definition) is 3. The minimum Gasteiger partial charge on any atom is -0.365 e. The third kappa shape index (κ3) is 2.09. The monoisotopic (exact) mass is 223 g/mol. The number of carbonyl (C=O) groups excluding carboxylic acids is 1. The Labute approximate surface area is 94.6 Å². The second-order valence-corrected chi connectivity index (χ2v) is 4.34. The van der Waals surface area contributed by atoms with E-state index in [4.69, 9.17) is 4.74 Å². The maximum absolute atomic E-state index is 11.9. The first-order chi connectivity index (χ1) is 7.62. The summed E-state index contributed by atoms with van der Waals surface area (Å²) in [4.78, 5) is 19.0. The predicted octanol–water partition coefficient (Wildman–Crippen LogP) is 0.903. The topological polar surface area (TPSA) is 67.0 Å². The Morgan fingerprint density at radius 3 is 3.12 bits per heavy atom. The molecule has 1 fully saturated rings. The third-order valence-electron chi connectivity index (χ3n) is 3.05. The van der Waals surface area contributed by atoms with Crippen LogP contribution in [0.15, 0.2) is 6.33 Å². The molecule has 16 heavy (non-hydrogen) atoms. The molecule has 1 aliphatic heterocycles. The van der Waals surface area contributed by atoms with E-state index in [1.54, 1.807) is 6.33 Å². The van der Waals surface area contributed by atoms with Crippen LogP contribution in [-0.4, -0.2) is 28.1 Å². The Balaban J connectivity index is 1.91. The maximum atomic E-state index is 11.9. The molecule has 0 saturated carbocycles. The summed E-state index contributed by atoms with van der Waals surface area (Å²) in [5.41, 5.74) is 1.21. The Bertz CT molecular complexity index is 380. The van der Waals surface area contributed by atoms with Crippen LogP contribution >= 0.6 is 0 Å². The third-order valence-corrected chi connectivity index (χ3v) is 3.05. The van der Waals surface area contributed by atoms with Gasteiger partial charge in [-0.2, -0.15) is 0 Å². The van der Waals surface area contributed by atoms with Gasteiger partial charge in [0.25, 0.3) is 5.91 Å². The number of hydrogen-bond donors (Lipinski definition) is 2. The summed E-state index contributed by atoms with van der Waals surface area (Å²) in [5, 5.41) is 2.86. The first-order valence-corrected chi connectivity index (χ1v) is 5.53. The molecule has 5 heteroatoms. The number of aromatic amines is 1. The second kappa shape index (κ2) is 4.25. The molecule has 5 nitrogen and oxygen atoms in total. The van der Waals surface area contributed by atoms with E-state index in [9.17, 15) is 4.79 Å². The first-order valence-electron chi connectivity index (χ1n) is 5.53. The summed E-state index contributed by atoms with van der Waals surface area (Å²) in [6.07, 6.45) is 3.37. The normalized spacial score (nSPS) is 24.6. The molecule has 2 heterocycles. The summed E-state index contributed by atoms with van der Waals surface area (Å²) in [6, 6.07) is 0. The zero-order valence-electron chi connectivity index (χ0n) is 9.67. The number of rotatable bonds is 3. The van der Waals surface area contributed by atoms with E-state index in [1.807, 2.05) is 13.8 Å². The van der Waals surface area contributed by atoms with Crippen molar-refractivity contribution in [2.45, 2.75) is 38.8 Å². The van der Waals surface area contributed by atoms with E-state index in [2.05, 4.69) is 15.3 Å². The average Bonchev–Trinajstić information content (AvgIpc) is 2.85. The van der Waals surface area contributed by atoms with Crippen molar-refractivity contribution >= 4 is 5.91 Å². The minimum atomic E-state index is -0.649. The highest BCUT2D eigenvalue weighted by atomic mass is 16.5. The van der Waals surface area contributed by atoms with Gasteiger partial charge in [0.2, 0.25) is 0 Å². The number of ether oxygens (including phenoxy) is 1. The van der Waals surface area contributed by atoms with E-state index in [1.165, 1.54) is 0 Å². The SMILES string of the molecule is Cc1[nH]cnc1CNC(=O)[C@]1(C)CCCO1. The number of imidazole rings is 1. The van der Waals surface area contributed by atoms with Crippen molar-refractivity contribution in [3.63, 3.8) is 0 Å². The van der Waals surface area contributed by atoms with Crippen LogP contribution in [0.25, 0.3) is 0 Å². The van der Waals surface area contributed by atoms with Gasteiger partial charge in [0, 0.05) is 12.3 Å². The van der Waals surface area contributed by atoms with Gasteiger partial charge < -0.3 is 15.0 Å². The lowest BCUT2D eigenvalue weighted by molar-refractivity contribution is -0.139. The maximum Gasteiger partial charge on any atom is 0.252 e. The fourth-order valence-corrected chi connectivity index (χ4v) is 1.87. The van der Waals surface area contributed by atoms with E-state index in [-0.39, 0.29) is 5.91 Å². The molecular formula is C11H17N3O2. The Morgan fingerprint density at radius 1 is 1.75 bits per heavy atom. The van der Waals surface area contributed by atoms with Crippen molar-refractivity contribution in [1.29, 1.82) is 0 Å². The lowest BCUT2D eigenvalue weighted by Crippen LogP contribution is -2.43. The van der Waals surface area contributed by atoms with E-state index < -0.39 is 5.60 Å². The molecule has 0 aliphatic carbocycles.